The molecule has 0 spiro atoms. The molecule has 0 aliphatic heterocycles. The molecule has 0 saturated heterocycles. The van der Waals surface area contributed by atoms with Crippen LogP contribution in [0.15, 0.2) is 41.8 Å². The van der Waals surface area contributed by atoms with Crippen LogP contribution in [0.2, 0.25) is 5.02 Å². The molecule has 0 fully saturated rings. The highest BCUT2D eigenvalue weighted by molar-refractivity contribution is 7.11. The first-order chi connectivity index (χ1) is 14.8. The molecule has 0 atom stereocenters. The van der Waals surface area contributed by atoms with E-state index in [-0.39, 0.29) is 28.9 Å². The van der Waals surface area contributed by atoms with E-state index in [0.29, 0.717) is 21.3 Å². The molecule has 0 aliphatic rings. The van der Waals surface area contributed by atoms with Crippen LogP contribution in [0, 0.1) is 21.4 Å². The minimum absolute atomic E-state index is 0.0532. The summed E-state index contributed by atoms with van der Waals surface area (Å²) in [5.41, 5.74) is 2.05. The number of nitro benzene ring substituents is 1. The number of allylic oxidation sites excluding steroid dienone is 1. The fourth-order valence-electron chi connectivity index (χ4n) is 2.79. The van der Waals surface area contributed by atoms with Crippen molar-refractivity contribution in [3.63, 3.8) is 0 Å². The SMILES string of the molecule is COc1cc(/C=C(/C#N)c2nc(-c3ccc(Cl)cc3)cs2)cc([N+](=O)[O-])c1OC(C)C. The zero-order valence-corrected chi connectivity index (χ0v) is 18.5. The van der Waals surface area contributed by atoms with E-state index in [1.54, 1.807) is 38.1 Å². The van der Waals surface area contributed by atoms with E-state index in [2.05, 4.69) is 11.1 Å². The molecular formula is C22H18ClN3O4S. The molecular weight excluding hydrogens is 438 g/mol. The average molecular weight is 456 g/mol. The van der Waals surface area contributed by atoms with E-state index in [1.807, 2.05) is 17.5 Å². The van der Waals surface area contributed by atoms with Gasteiger partial charge in [-0.1, -0.05) is 23.7 Å². The molecule has 3 aromatic rings. The zero-order valence-electron chi connectivity index (χ0n) is 17.0. The number of nitro groups is 1. The lowest BCUT2D eigenvalue weighted by atomic mass is 10.1. The third kappa shape index (κ3) is 5.20. The molecule has 0 radical (unpaired) electrons. The number of halogens is 1. The third-order valence-corrected chi connectivity index (χ3v) is 5.26. The summed E-state index contributed by atoms with van der Waals surface area (Å²) in [6.07, 6.45) is 1.27. The fourth-order valence-corrected chi connectivity index (χ4v) is 3.71. The highest BCUT2D eigenvalue weighted by atomic mass is 35.5. The van der Waals surface area contributed by atoms with Gasteiger partial charge in [0.25, 0.3) is 0 Å². The molecule has 2 aromatic carbocycles. The molecule has 1 aromatic heterocycles. The van der Waals surface area contributed by atoms with Gasteiger partial charge in [-0.2, -0.15) is 5.26 Å². The second-order valence-electron chi connectivity index (χ2n) is 6.71. The van der Waals surface area contributed by atoms with E-state index in [9.17, 15) is 15.4 Å². The van der Waals surface area contributed by atoms with Gasteiger partial charge >= 0.3 is 5.69 Å². The second-order valence-corrected chi connectivity index (χ2v) is 8.00. The molecule has 0 unspecified atom stereocenters. The lowest BCUT2D eigenvalue weighted by Crippen LogP contribution is -2.09. The summed E-state index contributed by atoms with van der Waals surface area (Å²) < 4.78 is 10.9. The van der Waals surface area contributed by atoms with E-state index in [0.717, 1.165) is 5.56 Å². The zero-order chi connectivity index (χ0) is 22.5. The summed E-state index contributed by atoms with van der Waals surface area (Å²) in [4.78, 5) is 15.6. The van der Waals surface area contributed by atoms with Gasteiger partial charge in [-0.3, -0.25) is 10.1 Å². The van der Waals surface area contributed by atoms with Crippen molar-refractivity contribution in [3.8, 4) is 28.8 Å². The van der Waals surface area contributed by atoms with Gasteiger partial charge in [0.2, 0.25) is 5.75 Å². The number of aromatic nitrogens is 1. The van der Waals surface area contributed by atoms with Crippen LogP contribution < -0.4 is 9.47 Å². The second kappa shape index (κ2) is 9.60. The van der Waals surface area contributed by atoms with Gasteiger partial charge in [-0.15, -0.1) is 11.3 Å². The lowest BCUT2D eigenvalue weighted by molar-refractivity contribution is -0.386. The summed E-state index contributed by atoms with van der Waals surface area (Å²) >= 11 is 7.24. The minimum atomic E-state index is -0.536. The Balaban J connectivity index is 2.03. The van der Waals surface area contributed by atoms with Crippen molar-refractivity contribution in [2.45, 2.75) is 20.0 Å². The summed E-state index contributed by atoms with van der Waals surface area (Å²) in [5.74, 6) is 0.268. The van der Waals surface area contributed by atoms with Crippen molar-refractivity contribution < 1.29 is 14.4 Å². The molecule has 0 N–H and O–H groups in total. The Hall–Kier alpha value is -3.41. The predicted molar refractivity (Wildman–Crippen MR) is 121 cm³/mol. The van der Waals surface area contributed by atoms with Gasteiger partial charge in [0.1, 0.15) is 11.1 Å². The van der Waals surface area contributed by atoms with Gasteiger partial charge in [-0.05, 0) is 43.7 Å². The Kier molecular flexibility index (Phi) is 6.90. The molecule has 9 heteroatoms. The summed E-state index contributed by atoms with van der Waals surface area (Å²) in [6, 6.07) is 12.3. The van der Waals surface area contributed by atoms with Crippen molar-refractivity contribution >= 4 is 40.3 Å². The maximum atomic E-state index is 11.6. The Bertz CT molecular complexity index is 1180. The summed E-state index contributed by atoms with van der Waals surface area (Å²) in [7, 11) is 1.41. The first-order valence-electron chi connectivity index (χ1n) is 9.19. The van der Waals surface area contributed by atoms with Crippen LogP contribution in [0.25, 0.3) is 22.9 Å². The largest absolute Gasteiger partial charge is 0.493 e. The highest BCUT2D eigenvalue weighted by Crippen LogP contribution is 2.40. The molecule has 0 aliphatic carbocycles. The molecule has 7 nitrogen and oxygen atoms in total. The standard InChI is InChI=1S/C22H18ClN3O4S/c1-13(2)30-21-19(26(27)28)9-14(10-20(21)29-3)8-16(11-24)22-25-18(12-31-22)15-4-6-17(23)7-5-15/h4-10,12-13H,1-3H3/b16-8-. The minimum Gasteiger partial charge on any atom is -0.493 e. The summed E-state index contributed by atoms with van der Waals surface area (Å²) in [5, 5.41) is 24.2. The van der Waals surface area contributed by atoms with E-state index in [1.165, 1.54) is 24.5 Å². The number of benzene rings is 2. The van der Waals surface area contributed by atoms with Crippen LogP contribution in [0.1, 0.15) is 24.4 Å². The van der Waals surface area contributed by atoms with Crippen molar-refractivity contribution in [1.82, 2.24) is 4.98 Å². The third-order valence-electron chi connectivity index (χ3n) is 4.13. The number of thiazole rings is 1. The van der Waals surface area contributed by atoms with Crippen LogP contribution in [0.3, 0.4) is 0 Å². The predicted octanol–water partition coefficient (Wildman–Crippen LogP) is 6.23. The lowest BCUT2D eigenvalue weighted by Gasteiger charge is -2.14. The number of hydrogen-bond donors (Lipinski definition) is 0. The fraction of sp³-hybridized carbons (Fsp3) is 0.182. The number of methoxy groups -OCH3 is 1. The smallest absolute Gasteiger partial charge is 0.315 e. The number of rotatable bonds is 7. The Morgan fingerprint density at radius 2 is 2.03 bits per heavy atom. The normalized spacial score (nSPS) is 11.3. The van der Waals surface area contributed by atoms with Gasteiger partial charge < -0.3 is 9.47 Å². The Morgan fingerprint density at radius 3 is 2.61 bits per heavy atom. The maximum absolute atomic E-state index is 11.6. The molecule has 3 rings (SSSR count). The quantitative estimate of drug-likeness (QED) is 0.238. The molecule has 1 heterocycles. The van der Waals surface area contributed by atoms with Crippen LogP contribution in [0.4, 0.5) is 5.69 Å². The average Bonchev–Trinajstić information content (AvgIpc) is 3.22. The highest BCUT2D eigenvalue weighted by Gasteiger charge is 2.23. The van der Waals surface area contributed by atoms with Crippen LogP contribution >= 0.6 is 22.9 Å². The first kappa shape index (κ1) is 22.3. The first-order valence-corrected chi connectivity index (χ1v) is 10.4. The molecule has 31 heavy (non-hydrogen) atoms. The van der Waals surface area contributed by atoms with E-state index >= 15 is 0 Å². The number of hydrogen-bond acceptors (Lipinski definition) is 7. The number of ether oxygens (including phenoxy) is 2. The molecule has 0 saturated carbocycles. The molecule has 0 amide bonds. The summed E-state index contributed by atoms with van der Waals surface area (Å²) in [6.45, 7) is 3.54. The Labute approximate surface area is 188 Å². The van der Waals surface area contributed by atoms with Crippen LogP contribution in [0.5, 0.6) is 11.5 Å². The van der Waals surface area contributed by atoms with E-state index in [4.69, 9.17) is 21.1 Å². The van der Waals surface area contributed by atoms with Crippen molar-refractivity contribution in [2.75, 3.05) is 7.11 Å². The van der Waals surface area contributed by atoms with Crippen LogP contribution in [-0.4, -0.2) is 23.1 Å². The number of nitrogens with zero attached hydrogens (tertiary/aromatic N) is 3. The van der Waals surface area contributed by atoms with Crippen LogP contribution in [-0.2, 0) is 0 Å². The maximum Gasteiger partial charge on any atom is 0.315 e. The van der Waals surface area contributed by atoms with Gasteiger partial charge in [-0.25, -0.2) is 4.98 Å². The van der Waals surface area contributed by atoms with Gasteiger partial charge in [0, 0.05) is 22.0 Å². The van der Waals surface area contributed by atoms with E-state index < -0.39 is 4.92 Å². The van der Waals surface area contributed by atoms with Gasteiger partial charge in [0.05, 0.1) is 29.4 Å². The van der Waals surface area contributed by atoms with Gasteiger partial charge in [0.15, 0.2) is 5.75 Å². The Morgan fingerprint density at radius 1 is 1.32 bits per heavy atom. The number of nitriles is 1. The van der Waals surface area contributed by atoms with Crippen molar-refractivity contribution in [3.05, 3.63) is 67.5 Å². The van der Waals surface area contributed by atoms with Crippen molar-refractivity contribution in [2.24, 2.45) is 0 Å². The molecule has 158 valence electrons. The topological polar surface area (TPSA) is 98.3 Å². The molecule has 0 bridgehead atoms. The van der Waals surface area contributed by atoms with Crippen molar-refractivity contribution in [1.29, 1.82) is 5.26 Å². The monoisotopic (exact) mass is 455 g/mol.